The van der Waals surface area contributed by atoms with Crippen molar-refractivity contribution in [1.29, 1.82) is 0 Å². The molecule has 6 nitrogen and oxygen atoms in total. The molecule has 3 rings (SSSR count). The molecule has 3 aliphatic rings. The Hall–Kier alpha value is -2.50. The minimum atomic E-state index is -0.177. The summed E-state index contributed by atoms with van der Waals surface area (Å²) in [6.07, 6.45) is 11.3. The second-order valence-electron chi connectivity index (χ2n) is 9.18. The number of rotatable bonds is 11. The lowest BCUT2D eigenvalue weighted by Gasteiger charge is -2.28. The van der Waals surface area contributed by atoms with Crippen LogP contribution in [0.4, 0.5) is 0 Å². The number of ketones is 1. The monoisotopic (exact) mass is 415 g/mol. The largest absolute Gasteiger partial charge is 0.498 e. The first-order chi connectivity index (χ1) is 14.3. The van der Waals surface area contributed by atoms with Gasteiger partial charge in [-0.3, -0.25) is 4.79 Å². The van der Waals surface area contributed by atoms with Gasteiger partial charge in [0.25, 0.3) is 5.95 Å². The molecular weight excluding hydrogens is 382 g/mol. The van der Waals surface area contributed by atoms with Crippen LogP contribution in [0.5, 0.6) is 0 Å². The predicted octanol–water partition coefficient (Wildman–Crippen LogP) is 4.91. The predicted molar refractivity (Wildman–Crippen MR) is 115 cm³/mol. The molecule has 3 aliphatic carbocycles. The molecular formula is C24H33NO5. The van der Waals surface area contributed by atoms with E-state index < -0.39 is 0 Å². The van der Waals surface area contributed by atoms with E-state index in [-0.39, 0.29) is 29.1 Å². The SMILES string of the molecule is C=C(C)OCC12CCC(COC(=C)OCC3=CC=C(C(C)=O)CC3C=NO)(CC1)C2. The van der Waals surface area contributed by atoms with Gasteiger partial charge in [-0.05, 0) is 70.1 Å². The van der Waals surface area contributed by atoms with Crippen LogP contribution >= 0.6 is 0 Å². The molecule has 0 spiro atoms. The van der Waals surface area contributed by atoms with E-state index >= 15 is 0 Å². The van der Waals surface area contributed by atoms with E-state index in [1.54, 1.807) is 6.08 Å². The fourth-order valence-electron chi connectivity index (χ4n) is 4.98. The summed E-state index contributed by atoms with van der Waals surface area (Å²) in [6.45, 7) is 12.8. The van der Waals surface area contributed by atoms with Crippen LogP contribution in [0.25, 0.3) is 0 Å². The van der Waals surface area contributed by atoms with Crippen molar-refractivity contribution < 1.29 is 24.2 Å². The van der Waals surface area contributed by atoms with Crippen LogP contribution in [-0.4, -0.2) is 37.0 Å². The fourth-order valence-corrected chi connectivity index (χ4v) is 4.98. The number of nitrogens with zero attached hydrogens (tertiary/aromatic N) is 1. The number of carbonyl (C=O) groups excluding carboxylic acids is 1. The highest BCUT2D eigenvalue weighted by atomic mass is 16.7. The molecule has 6 heteroatoms. The summed E-state index contributed by atoms with van der Waals surface area (Å²) < 4.78 is 17.4. The topological polar surface area (TPSA) is 77.4 Å². The summed E-state index contributed by atoms with van der Waals surface area (Å²) >= 11 is 0. The lowest BCUT2D eigenvalue weighted by atomic mass is 9.83. The number of fused-ring (bicyclic) bond motifs is 2. The lowest BCUT2D eigenvalue weighted by molar-refractivity contribution is -0.113. The van der Waals surface area contributed by atoms with Crippen LogP contribution < -0.4 is 0 Å². The first-order valence-corrected chi connectivity index (χ1v) is 10.6. The quantitative estimate of drug-likeness (QED) is 0.224. The van der Waals surface area contributed by atoms with E-state index in [9.17, 15) is 4.79 Å². The van der Waals surface area contributed by atoms with Gasteiger partial charge in [-0.1, -0.05) is 18.7 Å². The van der Waals surface area contributed by atoms with Gasteiger partial charge in [-0.2, -0.15) is 0 Å². The Bertz CT molecular complexity index is 783. The smallest absolute Gasteiger partial charge is 0.271 e. The molecule has 164 valence electrons. The number of Topliss-reactive ketones (excluding diaryl/α,β-unsaturated/α-hetero) is 1. The standard InChI is InChI=1S/C24H33NO5/c1-17(2)29-15-23-7-9-24(14-23,10-8-23)16-30-19(4)28-13-21-6-5-20(18(3)26)11-22(21)12-25-27/h5-6,12,22,27H,1,4,7-11,13-16H2,2-3H3. The first kappa shape index (κ1) is 22.2. The molecule has 0 radical (unpaired) electrons. The molecule has 1 N–H and O–H groups in total. The van der Waals surface area contributed by atoms with Crippen molar-refractivity contribution in [3.8, 4) is 0 Å². The molecule has 1 atom stereocenters. The summed E-state index contributed by atoms with van der Waals surface area (Å²) in [4.78, 5) is 11.6. The maximum atomic E-state index is 11.6. The minimum Gasteiger partial charge on any atom is -0.498 e. The summed E-state index contributed by atoms with van der Waals surface area (Å²) in [5.74, 6) is 0.920. The van der Waals surface area contributed by atoms with Gasteiger partial charge >= 0.3 is 0 Å². The molecule has 0 amide bonds. The van der Waals surface area contributed by atoms with E-state index in [2.05, 4.69) is 18.3 Å². The third-order valence-electron chi connectivity index (χ3n) is 6.80. The minimum absolute atomic E-state index is 0.0208. The number of ether oxygens (including phenoxy) is 3. The van der Waals surface area contributed by atoms with Crippen molar-refractivity contribution in [3.63, 3.8) is 0 Å². The molecule has 0 saturated heterocycles. The van der Waals surface area contributed by atoms with Crippen LogP contribution in [0.15, 0.2) is 53.3 Å². The molecule has 0 aromatic heterocycles. The van der Waals surface area contributed by atoms with Crippen LogP contribution in [0.1, 0.15) is 52.4 Å². The Balaban J connectivity index is 1.48. The van der Waals surface area contributed by atoms with Gasteiger partial charge in [-0.15, -0.1) is 5.16 Å². The van der Waals surface area contributed by atoms with Crippen LogP contribution in [0.2, 0.25) is 0 Å². The van der Waals surface area contributed by atoms with Crippen molar-refractivity contribution in [2.75, 3.05) is 19.8 Å². The van der Waals surface area contributed by atoms with Gasteiger partial charge < -0.3 is 19.4 Å². The van der Waals surface area contributed by atoms with Crippen LogP contribution in [0, 0.1) is 16.7 Å². The average molecular weight is 416 g/mol. The van der Waals surface area contributed by atoms with Crippen LogP contribution in [-0.2, 0) is 19.0 Å². The van der Waals surface area contributed by atoms with E-state index in [4.69, 9.17) is 19.4 Å². The zero-order valence-corrected chi connectivity index (χ0v) is 18.1. The third-order valence-corrected chi connectivity index (χ3v) is 6.80. The van der Waals surface area contributed by atoms with Crippen molar-refractivity contribution in [2.24, 2.45) is 21.9 Å². The summed E-state index contributed by atoms with van der Waals surface area (Å²) in [5.41, 5.74) is 2.06. The molecule has 0 aromatic rings. The van der Waals surface area contributed by atoms with Crippen molar-refractivity contribution >= 4 is 12.0 Å². The maximum absolute atomic E-state index is 11.6. The molecule has 2 saturated carbocycles. The molecule has 0 aromatic carbocycles. The fraction of sp³-hybridized carbons (Fsp3) is 0.583. The molecule has 1 unspecified atom stereocenters. The molecule has 2 fully saturated rings. The molecule has 0 heterocycles. The summed E-state index contributed by atoms with van der Waals surface area (Å²) in [5, 5.41) is 12.1. The number of hydrogen-bond donors (Lipinski definition) is 1. The average Bonchev–Trinajstić information content (AvgIpc) is 3.27. The first-order valence-electron chi connectivity index (χ1n) is 10.6. The zero-order valence-electron chi connectivity index (χ0n) is 18.1. The number of allylic oxidation sites excluding steroid dienone is 4. The van der Waals surface area contributed by atoms with E-state index in [0.29, 0.717) is 24.5 Å². The Morgan fingerprint density at radius 2 is 1.77 bits per heavy atom. The highest BCUT2D eigenvalue weighted by Crippen LogP contribution is 2.61. The molecule has 2 bridgehead atoms. The third kappa shape index (κ3) is 5.15. The van der Waals surface area contributed by atoms with Gasteiger partial charge in [-0.25, -0.2) is 0 Å². The highest BCUT2D eigenvalue weighted by Gasteiger charge is 2.55. The lowest BCUT2D eigenvalue weighted by Crippen LogP contribution is -2.22. The van der Waals surface area contributed by atoms with E-state index in [1.165, 1.54) is 13.1 Å². The number of oxime groups is 1. The Labute approximate surface area is 179 Å². The van der Waals surface area contributed by atoms with Crippen molar-refractivity contribution in [2.45, 2.75) is 52.4 Å². The van der Waals surface area contributed by atoms with Crippen molar-refractivity contribution in [3.05, 3.63) is 48.2 Å². The second kappa shape index (κ2) is 9.11. The summed E-state index contributed by atoms with van der Waals surface area (Å²) in [6, 6.07) is 0. The van der Waals surface area contributed by atoms with Gasteiger partial charge in [0.1, 0.15) is 6.61 Å². The Morgan fingerprint density at radius 3 is 2.33 bits per heavy atom. The number of hydrogen-bond acceptors (Lipinski definition) is 6. The van der Waals surface area contributed by atoms with E-state index in [1.807, 2.05) is 13.0 Å². The van der Waals surface area contributed by atoms with Gasteiger partial charge in [0.2, 0.25) is 0 Å². The van der Waals surface area contributed by atoms with Crippen molar-refractivity contribution in [1.82, 2.24) is 0 Å². The molecule has 30 heavy (non-hydrogen) atoms. The normalized spacial score (nSPS) is 30.0. The Morgan fingerprint density at radius 1 is 1.13 bits per heavy atom. The van der Waals surface area contributed by atoms with Crippen LogP contribution in [0.3, 0.4) is 0 Å². The van der Waals surface area contributed by atoms with Gasteiger partial charge in [0, 0.05) is 16.7 Å². The van der Waals surface area contributed by atoms with E-state index in [0.717, 1.165) is 50.0 Å². The Kier molecular flexibility index (Phi) is 6.74. The highest BCUT2D eigenvalue weighted by molar-refractivity contribution is 5.94. The molecule has 0 aliphatic heterocycles. The van der Waals surface area contributed by atoms with Gasteiger partial charge in [0.05, 0.1) is 25.2 Å². The van der Waals surface area contributed by atoms with Gasteiger partial charge in [0.15, 0.2) is 5.78 Å². The number of carbonyl (C=O) groups is 1. The maximum Gasteiger partial charge on any atom is 0.271 e. The zero-order chi connectivity index (χ0) is 21.8. The summed E-state index contributed by atoms with van der Waals surface area (Å²) in [7, 11) is 0. The second-order valence-corrected chi connectivity index (χ2v) is 9.18.